The van der Waals surface area contributed by atoms with Crippen molar-refractivity contribution < 1.29 is 22.7 Å². The maximum atomic E-state index is 12.9. The molecule has 0 spiro atoms. The zero-order chi connectivity index (χ0) is 20.2. The lowest BCUT2D eigenvalue weighted by Gasteiger charge is -2.35. The first-order chi connectivity index (χ1) is 12.5. The number of alkyl carbamates (subject to hydrolysis) is 1. The Bertz CT molecular complexity index is 636. The van der Waals surface area contributed by atoms with E-state index >= 15 is 0 Å². The lowest BCUT2D eigenvalue weighted by atomic mass is 10.0. The monoisotopic (exact) mass is 403 g/mol. The van der Waals surface area contributed by atoms with Crippen molar-refractivity contribution >= 4 is 22.0 Å². The van der Waals surface area contributed by atoms with Gasteiger partial charge in [-0.25, -0.2) is 13.2 Å². The van der Waals surface area contributed by atoms with Gasteiger partial charge in [-0.15, -0.1) is 0 Å². The number of rotatable bonds is 5. The lowest BCUT2D eigenvalue weighted by molar-refractivity contribution is -0.135. The third-order valence-corrected chi connectivity index (χ3v) is 6.91. The van der Waals surface area contributed by atoms with Gasteiger partial charge in [-0.3, -0.25) is 4.79 Å². The summed E-state index contributed by atoms with van der Waals surface area (Å²) in [6.45, 7) is 8.71. The van der Waals surface area contributed by atoms with Crippen LogP contribution < -0.4 is 5.32 Å². The molecule has 0 aromatic rings. The molecule has 2 rings (SSSR count). The van der Waals surface area contributed by atoms with Gasteiger partial charge in [0.1, 0.15) is 11.6 Å². The van der Waals surface area contributed by atoms with E-state index in [4.69, 9.17) is 4.74 Å². The van der Waals surface area contributed by atoms with Crippen molar-refractivity contribution in [1.82, 2.24) is 14.5 Å². The van der Waals surface area contributed by atoms with Gasteiger partial charge in [-0.2, -0.15) is 4.31 Å². The fraction of sp³-hybridized carbons (Fsp3) is 0.889. The van der Waals surface area contributed by atoms with Gasteiger partial charge in [0.05, 0.1) is 5.75 Å². The molecule has 0 aliphatic carbocycles. The first-order valence-corrected chi connectivity index (χ1v) is 11.4. The van der Waals surface area contributed by atoms with Crippen molar-refractivity contribution in [2.45, 2.75) is 77.5 Å². The minimum absolute atomic E-state index is 0.0348. The van der Waals surface area contributed by atoms with Crippen LogP contribution in [0, 0.1) is 0 Å². The highest BCUT2D eigenvalue weighted by molar-refractivity contribution is 7.89. The number of piperidine rings is 1. The van der Waals surface area contributed by atoms with Gasteiger partial charge < -0.3 is 15.0 Å². The Morgan fingerprint density at radius 1 is 1.11 bits per heavy atom. The Labute approximate surface area is 162 Å². The summed E-state index contributed by atoms with van der Waals surface area (Å²) < 4.78 is 31.5. The van der Waals surface area contributed by atoms with E-state index in [0.717, 1.165) is 6.42 Å². The number of ether oxygens (including phenoxy) is 1. The van der Waals surface area contributed by atoms with Gasteiger partial charge in [-0.05, 0) is 52.9 Å². The van der Waals surface area contributed by atoms with E-state index in [9.17, 15) is 18.0 Å². The third-order valence-electron chi connectivity index (χ3n) is 4.84. The van der Waals surface area contributed by atoms with E-state index in [1.165, 1.54) is 4.31 Å². The van der Waals surface area contributed by atoms with Crippen LogP contribution in [-0.4, -0.2) is 72.7 Å². The summed E-state index contributed by atoms with van der Waals surface area (Å²) >= 11 is 0. The lowest BCUT2D eigenvalue weighted by Crippen LogP contribution is -2.53. The molecule has 0 saturated carbocycles. The SMILES string of the molecule is CCCS(=O)(=O)N1CCCC1C(=O)N1CCC(NC(=O)OC(C)(C)C)CC1. The molecule has 2 aliphatic heterocycles. The number of carbonyl (C=O) groups excluding carboxylic acids is 2. The van der Waals surface area contributed by atoms with Crippen LogP contribution in [0.5, 0.6) is 0 Å². The van der Waals surface area contributed by atoms with Crippen LogP contribution in [0.1, 0.15) is 59.8 Å². The molecule has 0 radical (unpaired) electrons. The maximum absolute atomic E-state index is 12.9. The number of nitrogens with zero attached hydrogens (tertiary/aromatic N) is 2. The van der Waals surface area contributed by atoms with Crippen molar-refractivity contribution in [3.8, 4) is 0 Å². The molecule has 2 aliphatic rings. The van der Waals surface area contributed by atoms with E-state index in [2.05, 4.69) is 5.32 Å². The van der Waals surface area contributed by atoms with Crippen LogP contribution in [0.4, 0.5) is 4.79 Å². The van der Waals surface area contributed by atoms with Crippen molar-refractivity contribution in [3.05, 3.63) is 0 Å². The normalized spacial score (nSPS) is 22.7. The van der Waals surface area contributed by atoms with E-state index in [1.54, 1.807) is 4.90 Å². The predicted molar refractivity (Wildman–Crippen MR) is 103 cm³/mol. The van der Waals surface area contributed by atoms with Crippen molar-refractivity contribution in [1.29, 1.82) is 0 Å². The second kappa shape index (κ2) is 8.77. The summed E-state index contributed by atoms with van der Waals surface area (Å²) in [5, 5.41) is 2.85. The number of hydrogen-bond acceptors (Lipinski definition) is 5. The second-order valence-electron chi connectivity index (χ2n) is 8.33. The van der Waals surface area contributed by atoms with Crippen LogP contribution in [0.15, 0.2) is 0 Å². The van der Waals surface area contributed by atoms with Crippen molar-refractivity contribution in [3.63, 3.8) is 0 Å². The first kappa shape index (κ1) is 21.9. The molecule has 1 N–H and O–H groups in total. The summed E-state index contributed by atoms with van der Waals surface area (Å²) in [5.74, 6) is -0.0264. The van der Waals surface area contributed by atoms with Gasteiger partial charge in [0.15, 0.2) is 0 Å². The van der Waals surface area contributed by atoms with Gasteiger partial charge >= 0.3 is 6.09 Å². The standard InChI is InChI=1S/C18H33N3O5S/c1-5-13-27(24,25)21-10-6-7-15(21)16(22)20-11-8-14(9-12-20)19-17(23)26-18(2,3)4/h14-15H,5-13H2,1-4H3,(H,19,23). The van der Waals surface area contributed by atoms with Crippen LogP contribution in [0.25, 0.3) is 0 Å². The number of carbonyl (C=O) groups is 2. The quantitative estimate of drug-likeness (QED) is 0.754. The third kappa shape index (κ3) is 6.07. The fourth-order valence-electron chi connectivity index (χ4n) is 3.62. The number of hydrogen-bond donors (Lipinski definition) is 1. The summed E-state index contributed by atoms with van der Waals surface area (Å²) in [7, 11) is -3.37. The van der Waals surface area contributed by atoms with Crippen LogP contribution in [0.3, 0.4) is 0 Å². The van der Waals surface area contributed by atoms with E-state index < -0.39 is 27.8 Å². The minimum atomic E-state index is -3.37. The highest BCUT2D eigenvalue weighted by Gasteiger charge is 2.40. The molecule has 0 aromatic carbocycles. The largest absolute Gasteiger partial charge is 0.444 e. The number of amides is 2. The Morgan fingerprint density at radius 2 is 1.74 bits per heavy atom. The topological polar surface area (TPSA) is 96.0 Å². The molecule has 2 heterocycles. The van der Waals surface area contributed by atoms with Gasteiger partial charge in [0.25, 0.3) is 0 Å². The molecule has 1 atom stereocenters. The van der Waals surface area contributed by atoms with Crippen LogP contribution in [0.2, 0.25) is 0 Å². The van der Waals surface area contributed by atoms with Gasteiger partial charge in [0, 0.05) is 25.7 Å². The average molecular weight is 404 g/mol. The van der Waals surface area contributed by atoms with E-state index in [-0.39, 0.29) is 17.7 Å². The van der Waals surface area contributed by atoms with Crippen LogP contribution in [-0.2, 0) is 19.6 Å². The van der Waals surface area contributed by atoms with Crippen LogP contribution >= 0.6 is 0 Å². The average Bonchev–Trinajstić information content (AvgIpc) is 3.03. The maximum Gasteiger partial charge on any atom is 0.407 e. The predicted octanol–water partition coefficient (Wildman–Crippen LogP) is 1.71. The number of likely N-dealkylation sites (tertiary alicyclic amines) is 1. The summed E-state index contributed by atoms with van der Waals surface area (Å²) in [5.41, 5.74) is -0.545. The molecule has 9 heteroatoms. The zero-order valence-electron chi connectivity index (χ0n) is 16.9. The Hall–Kier alpha value is -1.35. The summed E-state index contributed by atoms with van der Waals surface area (Å²) in [6.07, 6.45) is 2.67. The van der Waals surface area contributed by atoms with Gasteiger partial charge in [0.2, 0.25) is 15.9 Å². The minimum Gasteiger partial charge on any atom is -0.444 e. The zero-order valence-corrected chi connectivity index (χ0v) is 17.7. The highest BCUT2D eigenvalue weighted by atomic mass is 32.2. The molecule has 0 aromatic heterocycles. The van der Waals surface area contributed by atoms with E-state index in [0.29, 0.717) is 45.3 Å². The van der Waals surface area contributed by atoms with E-state index in [1.807, 2.05) is 27.7 Å². The number of sulfonamides is 1. The van der Waals surface area contributed by atoms with Crippen molar-refractivity contribution in [2.75, 3.05) is 25.4 Å². The van der Waals surface area contributed by atoms with Crippen molar-refractivity contribution in [2.24, 2.45) is 0 Å². The molecule has 1 unspecified atom stereocenters. The molecule has 2 fully saturated rings. The molecular formula is C18H33N3O5S. The Kier molecular flexibility index (Phi) is 7.13. The molecular weight excluding hydrogens is 370 g/mol. The van der Waals surface area contributed by atoms with Gasteiger partial charge in [-0.1, -0.05) is 6.92 Å². The Balaban J connectivity index is 1.88. The second-order valence-corrected chi connectivity index (χ2v) is 10.4. The number of nitrogens with one attached hydrogen (secondary N) is 1. The molecule has 0 bridgehead atoms. The first-order valence-electron chi connectivity index (χ1n) is 9.81. The highest BCUT2D eigenvalue weighted by Crippen LogP contribution is 2.25. The summed E-state index contributed by atoms with van der Waals surface area (Å²) in [4.78, 5) is 26.5. The molecule has 8 nitrogen and oxygen atoms in total. The summed E-state index contributed by atoms with van der Waals surface area (Å²) in [6, 6.07) is -0.607. The molecule has 156 valence electrons. The fourth-order valence-corrected chi connectivity index (χ4v) is 5.37. The molecule has 2 saturated heterocycles. The Morgan fingerprint density at radius 3 is 2.30 bits per heavy atom. The molecule has 27 heavy (non-hydrogen) atoms. The molecule has 2 amide bonds. The smallest absolute Gasteiger partial charge is 0.407 e.